The third kappa shape index (κ3) is 2.82. The Morgan fingerprint density at radius 2 is 1.50 bits per heavy atom. The van der Waals surface area contributed by atoms with Gasteiger partial charge in [-0.2, -0.15) is 0 Å². The van der Waals surface area contributed by atoms with Crippen LogP contribution < -0.4 is 0 Å². The van der Waals surface area contributed by atoms with Gasteiger partial charge in [0.05, 0.1) is 0 Å². The average molecular weight is 346 g/mol. The highest BCUT2D eigenvalue weighted by Gasteiger charge is 2.53. The summed E-state index contributed by atoms with van der Waals surface area (Å²) in [5.41, 5.74) is 5.02. The number of benzene rings is 2. The molecule has 0 radical (unpaired) electrons. The normalized spacial score (nSPS) is 22.2. The van der Waals surface area contributed by atoms with Gasteiger partial charge in [-0.15, -0.1) is 0 Å². The van der Waals surface area contributed by atoms with Crippen LogP contribution in [0.25, 0.3) is 11.1 Å². The zero-order valence-corrected chi connectivity index (χ0v) is 15.7. The van der Waals surface area contributed by atoms with E-state index < -0.39 is 5.92 Å². The van der Waals surface area contributed by atoms with Crippen molar-refractivity contribution in [1.29, 1.82) is 0 Å². The Bertz CT molecular complexity index is 854. The molecule has 0 aromatic heterocycles. The van der Waals surface area contributed by atoms with E-state index in [-0.39, 0.29) is 17.0 Å². The Hall–Kier alpha value is -2.22. The molecular weight excluding hydrogens is 320 g/mol. The second-order valence-corrected chi connectivity index (χ2v) is 8.22. The predicted molar refractivity (Wildman–Crippen MR) is 104 cm³/mol. The second kappa shape index (κ2) is 6.50. The van der Waals surface area contributed by atoms with Crippen LogP contribution in [0.15, 0.2) is 42.5 Å². The number of ketones is 2. The Balaban J connectivity index is 1.73. The summed E-state index contributed by atoms with van der Waals surface area (Å²) in [5.74, 6) is -0.245. The molecule has 0 N–H and O–H groups in total. The van der Waals surface area contributed by atoms with Crippen molar-refractivity contribution < 1.29 is 9.59 Å². The summed E-state index contributed by atoms with van der Waals surface area (Å²) < 4.78 is 0. The fourth-order valence-electron chi connectivity index (χ4n) is 4.82. The highest BCUT2D eigenvalue weighted by molar-refractivity contribution is 6.16. The van der Waals surface area contributed by atoms with E-state index in [2.05, 4.69) is 49.4 Å². The molecule has 26 heavy (non-hydrogen) atoms. The minimum atomic E-state index is -0.557. The van der Waals surface area contributed by atoms with Gasteiger partial charge in [0, 0.05) is 11.8 Å². The Labute approximate surface area is 155 Å². The van der Waals surface area contributed by atoms with Gasteiger partial charge in [0.15, 0.2) is 5.78 Å². The number of Topliss-reactive ketones (excluding diaryl/α,β-unsaturated/α-hetero) is 2. The summed E-state index contributed by atoms with van der Waals surface area (Å²) in [7, 11) is 0. The first kappa shape index (κ1) is 17.2. The smallest absolute Gasteiger partial charge is 0.154 e. The quantitative estimate of drug-likeness (QED) is 0.668. The van der Waals surface area contributed by atoms with Crippen LogP contribution in [0.1, 0.15) is 61.1 Å². The highest BCUT2D eigenvalue weighted by Crippen LogP contribution is 2.50. The van der Waals surface area contributed by atoms with Gasteiger partial charge in [-0.3, -0.25) is 9.59 Å². The van der Waals surface area contributed by atoms with Crippen molar-refractivity contribution in [2.24, 2.45) is 5.41 Å². The van der Waals surface area contributed by atoms with Gasteiger partial charge in [-0.05, 0) is 55.0 Å². The van der Waals surface area contributed by atoms with Crippen LogP contribution in [0.4, 0.5) is 0 Å². The van der Waals surface area contributed by atoms with Crippen LogP contribution in [-0.2, 0) is 9.59 Å². The van der Waals surface area contributed by atoms with Crippen LogP contribution in [0.3, 0.4) is 0 Å². The third-order valence-corrected chi connectivity index (χ3v) is 6.41. The molecule has 134 valence electrons. The number of carbonyl (C=O) groups excluding carboxylic acids is 2. The molecule has 0 saturated heterocycles. The summed E-state index contributed by atoms with van der Waals surface area (Å²) in [6.07, 6.45) is 5.58. The standard InChI is InChI=1S/C24H26O2/c1-16-6-9-18(10-7-16)19-11-8-17(2)20(14-19)22-21(25)15-24(23(22)26)12-4-3-5-13-24/h6-11,14,22H,3-5,12-13,15H2,1-2H3. The summed E-state index contributed by atoms with van der Waals surface area (Å²) in [4.78, 5) is 26.2. The maximum Gasteiger partial charge on any atom is 0.154 e. The molecule has 1 spiro atoms. The lowest BCUT2D eigenvalue weighted by atomic mass is 9.71. The molecule has 0 heterocycles. The SMILES string of the molecule is Cc1ccc(-c2ccc(C)c(C3C(=O)CC4(CCCCC4)C3=O)c2)cc1. The molecule has 2 aliphatic rings. The minimum Gasteiger partial charge on any atom is -0.298 e. The highest BCUT2D eigenvalue weighted by atomic mass is 16.2. The topological polar surface area (TPSA) is 34.1 Å². The van der Waals surface area contributed by atoms with Crippen molar-refractivity contribution in [3.8, 4) is 11.1 Å². The second-order valence-electron chi connectivity index (χ2n) is 8.22. The van der Waals surface area contributed by atoms with Crippen molar-refractivity contribution in [2.45, 2.75) is 58.3 Å². The molecule has 2 aromatic rings. The van der Waals surface area contributed by atoms with E-state index in [9.17, 15) is 9.59 Å². The molecule has 2 fully saturated rings. The Kier molecular flexibility index (Phi) is 4.30. The lowest BCUT2D eigenvalue weighted by Gasteiger charge is -2.31. The zero-order chi connectivity index (χ0) is 18.3. The van der Waals surface area contributed by atoms with Gasteiger partial charge >= 0.3 is 0 Å². The Morgan fingerprint density at radius 3 is 2.19 bits per heavy atom. The lowest BCUT2D eigenvalue weighted by Crippen LogP contribution is -2.30. The molecule has 2 aromatic carbocycles. The van der Waals surface area contributed by atoms with Crippen LogP contribution in [-0.4, -0.2) is 11.6 Å². The number of rotatable bonds is 2. The largest absolute Gasteiger partial charge is 0.298 e. The maximum absolute atomic E-state index is 13.3. The average Bonchev–Trinajstić information content (AvgIpc) is 2.87. The van der Waals surface area contributed by atoms with Gasteiger partial charge in [-0.25, -0.2) is 0 Å². The number of hydrogen-bond donors (Lipinski definition) is 0. The van der Waals surface area contributed by atoms with Crippen molar-refractivity contribution in [2.75, 3.05) is 0 Å². The maximum atomic E-state index is 13.3. The molecular formula is C24H26O2. The van der Waals surface area contributed by atoms with Crippen LogP contribution in [0.2, 0.25) is 0 Å². The van der Waals surface area contributed by atoms with E-state index in [1.54, 1.807) is 0 Å². The van der Waals surface area contributed by atoms with Crippen LogP contribution in [0, 0.1) is 19.3 Å². The lowest BCUT2D eigenvalue weighted by molar-refractivity contribution is -0.129. The molecule has 1 unspecified atom stereocenters. The predicted octanol–water partition coefficient (Wildman–Crippen LogP) is 5.55. The molecule has 0 amide bonds. The molecule has 2 saturated carbocycles. The molecule has 2 nitrogen and oxygen atoms in total. The monoisotopic (exact) mass is 346 g/mol. The zero-order valence-electron chi connectivity index (χ0n) is 15.7. The molecule has 2 heteroatoms. The van der Waals surface area contributed by atoms with Gasteiger partial charge < -0.3 is 0 Å². The van der Waals surface area contributed by atoms with E-state index in [1.165, 1.54) is 12.0 Å². The molecule has 1 atom stereocenters. The van der Waals surface area contributed by atoms with E-state index in [4.69, 9.17) is 0 Å². The number of aryl methyl sites for hydroxylation is 2. The number of carbonyl (C=O) groups is 2. The van der Waals surface area contributed by atoms with Crippen LogP contribution >= 0.6 is 0 Å². The fourth-order valence-corrected chi connectivity index (χ4v) is 4.82. The summed E-state index contributed by atoms with van der Waals surface area (Å²) in [5, 5.41) is 0. The fraction of sp³-hybridized carbons (Fsp3) is 0.417. The van der Waals surface area contributed by atoms with E-state index in [0.717, 1.165) is 47.9 Å². The molecule has 4 rings (SSSR count). The van der Waals surface area contributed by atoms with Gasteiger partial charge in [0.25, 0.3) is 0 Å². The van der Waals surface area contributed by atoms with Gasteiger partial charge in [0.2, 0.25) is 0 Å². The van der Waals surface area contributed by atoms with E-state index in [0.29, 0.717) is 6.42 Å². The van der Waals surface area contributed by atoms with Gasteiger partial charge in [0.1, 0.15) is 11.7 Å². The first-order chi connectivity index (χ1) is 12.5. The van der Waals surface area contributed by atoms with E-state index >= 15 is 0 Å². The first-order valence-electron chi connectivity index (χ1n) is 9.75. The van der Waals surface area contributed by atoms with Crippen molar-refractivity contribution in [3.63, 3.8) is 0 Å². The summed E-state index contributed by atoms with van der Waals surface area (Å²) in [6, 6.07) is 14.6. The molecule has 0 aliphatic heterocycles. The summed E-state index contributed by atoms with van der Waals surface area (Å²) in [6.45, 7) is 4.09. The van der Waals surface area contributed by atoms with Crippen molar-refractivity contribution >= 4 is 11.6 Å². The Morgan fingerprint density at radius 1 is 0.846 bits per heavy atom. The first-order valence-corrected chi connectivity index (χ1v) is 9.75. The molecule has 2 aliphatic carbocycles. The number of hydrogen-bond acceptors (Lipinski definition) is 2. The van der Waals surface area contributed by atoms with Crippen LogP contribution in [0.5, 0.6) is 0 Å². The molecule has 0 bridgehead atoms. The van der Waals surface area contributed by atoms with Crippen molar-refractivity contribution in [1.82, 2.24) is 0 Å². The van der Waals surface area contributed by atoms with Crippen molar-refractivity contribution in [3.05, 3.63) is 59.2 Å². The third-order valence-electron chi connectivity index (χ3n) is 6.41. The summed E-state index contributed by atoms with van der Waals surface area (Å²) >= 11 is 0. The van der Waals surface area contributed by atoms with Gasteiger partial charge in [-0.1, -0.05) is 61.2 Å². The minimum absolute atomic E-state index is 0.126. The van der Waals surface area contributed by atoms with E-state index in [1.807, 2.05) is 6.92 Å².